The van der Waals surface area contributed by atoms with Gasteiger partial charge < -0.3 is 10.6 Å². The largest absolute Gasteiger partial charge is 0.348 e. The van der Waals surface area contributed by atoms with E-state index in [0.29, 0.717) is 17.4 Å². The molecule has 0 radical (unpaired) electrons. The molecule has 1 aliphatic rings. The first kappa shape index (κ1) is 15.5. The van der Waals surface area contributed by atoms with Crippen molar-refractivity contribution in [1.29, 1.82) is 0 Å². The van der Waals surface area contributed by atoms with Gasteiger partial charge in [0.2, 0.25) is 0 Å². The number of rotatable bonds is 5. The molecule has 1 aromatic heterocycles. The van der Waals surface area contributed by atoms with Gasteiger partial charge in [-0.2, -0.15) is 0 Å². The van der Waals surface area contributed by atoms with E-state index in [2.05, 4.69) is 22.5 Å². The van der Waals surface area contributed by atoms with E-state index in [1.54, 1.807) is 0 Å². The Morgan fingerprint density at radius 2 is 1.91 bits per heavy atom. The fourth-order valence-electron chi connectivity index (χ4n) is 2.83. The number of aromatic nitrogens is 1. The van der Waals surface area contributed by atoms with E-state index in [9.17, 15) is 4.79 Å². The number of hydrogen-bond donors (Lipinski definition) is 2. The highest BCUT2D eigenvalue weighted by Crippen LogP contribution is 2.29. The molecule has 1 fully saturated rings. The van der Waals surface area contributed by atoms with Gasteiger partial charge in [0.15, 0.2) is 0 Å². The maximum Gasteiger partial charge on any atom is 0.270 e. The van der Waals surface area contributed by atoms with E-state index in [4.69, 9.17) is 0 Å². The predicted molar refractivity (Wildman–Crippen MR) is 93.0 cm³/mol. The summed E-state index contributed by atoms with van der Waals surface area (Å²) in [4.78, 5) is 17.0. The number of carbonyl (C=O) groups excluding carboxylic acids is 1. The Labute approximate surface area is 137 Å². The fourth-order valence-corrected chi connectivity index (χ4v) is 2.83. The first-order valence-corrected chi connectivity index (χ1v) is 8.24. The van der Waals surface area contributed by atoms with Gasteiger partial charge in [-0.15, -0.1) is 0 Å². The number of carbonyl (C=O) groups is 1. The normalized spacial score (nSPS) is 15.6. The number of para-hydroxylation sites is 1. The molecule has 4 heteroatoms. The van der Waals surface area contributed by atoms with Gasteiger partial charge >= 0.3 is 0 Å². The monoisotopic (exact) mass is 309 g/mol. The summed E-state index contributed by atoms with van der Waals surface area (Å²) in [5, 5.41) is 6.33. The third kappa shape index (κ3) is 3.70. The predicted octanol–water partition coefficient (Wildman–Crippen LogP) is 4.05. The van der Waals surface area contributed by atoms with E-state index < -0.39 is 0 Å². The number of hydrogen-bond acceptors (Lipinski definition) is 3. The molecule has 1 aliphatic carbocycles. The van der Waals surface area contributed by atoms with Gasteiger partial charge in [-0.1, -0.05) is 30.7 Å². The van der Waals surface area contributed by atoms with Crippen LogP contribution in [0.15, 0.2) is 42.5 Å². The van der Waals surface area contributed by atoms with Crippen molar-refractivity contribution in [3.05, 3.63) is 53.7 Å². The van der Waals surface area contributed by atoms with Crippen LogP contribution in [-0.2, 0) is 0 Å². The Hall–Kier alpha value is -2.36. The highest BCUT2D eigenvalue weighted by atomic mass is 16.1. The Balaban J connectivity index is 1.73. The van der Waals surface area contributed by atoms with Crippen LogP contribution in [0.25, 0.3) is 0 Å². The van der Waals surface area contributed by atoms with Crippen LogP contribution < -0.4 is 10.6 Å². The summed E-state index contributed by atoms with van der Waals surface area (Å²) in [7, 11) is 0. The Morgan fingerprint density at radius 3 is 2.57 bits per heavy atom. The summed E-state index contributed by atoms with van der Waals surface area (Å²) >= 11 is 0. The van der Waals surface area contributed by atoms with Crippen LogP contribution in [-0.4, -0.2) is 16.9 Å². The van der Waals surface area contributed by atoms with Crippen molar-refractivity contribution in [3.8, 4) is 0 Å². The highest BCUT2D eigenvalue weighted by Gasteiger charge is 2.26. The number of benzene rings is 1. The van der Waals surface area contributed by atoms with Gasteiger partial charge in [-0.25, -0.2) is 4.98 Å². The molecule has 23 heavy (non-hydrogen) atoms. The van der Waals surface area contributed by atoms with Crippen LogP contribution in [0.2, 0.25) is 0 Å². The lowest BCUT2D eigenvalue weighted by atomic mass is 9.80. The SMILES string of the molecule is Cc1ccc(Nc2ccccc2)nc1C(=O)NC(C)C1CCC1. The summed E-state index contributed by atoms with van der Waals surface area (Å²) in [5.74, 6) is 1.21. The quantitative estimate of drug-likeness (QED) is 0.876. The van der Waals surface area contributed by atoms with Crippen LogP contribution in [0.1, 0.15) is 42.2 Å². The molecule has 1 unspecified atom stereocenters. The molecule has 1 heterocycles. The lowest BCUT2D eigenvalue weighted by Gasteiger charge is -2.31. The molecule has 1 atom stereocenters. The van der Waals surface area contributed by atoms with Crippen molar-refractivity contribution in [2.45, 2.75) is 39.2 Å². The second-order valence-electron chi connectivity index (χ2n) is 6.31. The number of pyridine rings is 1. The molecule has 0 spiro atoms. The number of nitrogens with zero attached hydrogens (tertiary/aromatic N) is 1. The minimum Gasteiger partial charge on any atom is -0.348 e. The van der Waals surface area contributed by atoms with Crippen LogP contribution in [0.3, 0.4) is 0 Å². The van der Waals surface area contributed by atoms with E-state index in [1.165, 1.54) is 19.3 Å². The van der Waals surface area contributed by atoms with E-state index >= 15 is 0 Å². The molecule has 3 rings (SSSR count). The van der Waals surface area contributed by atoms with Gasteiger partial charge in [0.05, 0.1) is 0 Å². The molecule has 1 saturated carbocycles. The second-order valence-corrected chi connectivity index (χ2v) is 6.31. The minimum atomic E-state index is -0.0846. The van der Waals surface area contributed by atoms with Gasteiger partial charge in [0.25, 0.3) is 5.91 Å². The Bertz CT molecular complexity index is 680. The molecule has 2 N–H and O–H groups in total. The van der Waals surface area contributed by atoms with Crippen LogP contribution >= 0.6 is 0 Å². The van der Waals surface area contributed by atoms with Crippen molar-refractivity contribution in [2.24, 2.45) is 5.92 Å². The van der Waals surface area contributed by atoms with E-state index in [1.807, 2.05) is 49.4 Å². The molecular weight excluding hydrogens is 286 g/mol. The standard InChI is InChI=1S/C19H23N3O/c1-13-11-12-17(21-16-9-4-3-5-10-16)22-18(13)19(23)20-14(2)15-7-6-8-15/h3-5,9-12,14-15H,6-8H2,1-2H3,(H,20,23)(H,21,22). The summed E-state index contributed by atoms with van der Waals surface area (Å²) in [6, 6.07) is 13.9. The number of aryl methyl sites for hydroxylation is 1. The van der Waals surface area contributed by atoms with Gasteiger partial charge in [0.1, 0.15) is 11.5 Å². The van der Waals surface area contributed by atoms with E-state index in [0.717, 1.165) is 11.3 Å². The molecule has 1 amide bonds. The molecule has 0 saturated heterocycles. The van der Waals surface area contributed by atoms with Crippen molar-refractivity contribution >= 4 is 17.4 Å². The average Bonchev–Trinajstić information content (AvgIpc) is 2.48. The molecule has 1 aromatic carbocycles. The zero-order valence-corrected chi connectivity index (χ0v) is 13.7. The lowest BCUT2D eigenvalue weighted by Crippen LogP contribution is -2.41. The topological polar surface area (TPSA) is 54.0 Å². The molecule has 0 bridgehead atoms. The van der Waals surface area contributed by atoms with Crippen LogP contribution in [0.4, 0.5) is 11.5 Å². The van der Waals surface area contributed by atoms with Crippen LogP contribution in [0, 0.1) is 12.8 Å². The van der Waals surface area contributed by atoms with Crippen molar-refractivity contribution in [3.63, 3.8) is 0 Å². The first-order chi connectivity index (χ1) is 11.1. The molecule has 0 aliphatic heterocycles. The van der Waals surface area contributed by atoms with Gasteiger partial charge in [0, 0.05) is 11.7 Å². The highest BCUT2D eigenvalue weighted by molar-refractivity contribution is 5.94. The van der Waals surface area contributed by atoms with Crippen molar-refractivity contribution < 1.29 is 4.79 Å². The third-order valence-electron chi connectivity index (χ3n) is 4.57. The van der Waals surface area contributed by atoms with E-state index in [-0.39, 0.29) is 11.9 Å². The zero-order valence-electron chi connectivity index (χ0n) is 13.7. The third-order valence-corrected chi connectivity index (χ3v) is 4.57. The number of nitrogens with one attached hydrogen (secondary N) is 2. The van der Waals surface area contributed by atoms with Crippen LogP contribution in [0.5, 0.6) is 0 Å². The average molecular weight is 309 g/mol. The summed E-state index contributed by atoms with van der Waals surface area (Å²) in [6.07, 6.45) is 3.70. The zero-order chi connectivity index (χ0) is 16.2. The maximum atomic E-state index is 12.5. The smallest absolute Gasteiger partial charge is 0.270 e. The molecular formula is C19H23N3O. The Kier molecular flexibility index (Phi) is 4.60. The summed E-state index contributed by atoms with van der Waals surface area (Å²) < 4.78 is 0. The van der Waals surface area contributed by atoms with Crippen molar-refractivity contribution in [2.75, 3.05) is 5.32 Å². The Morgan fingerprint density at radius 1 is 1.17 bits per heavy atom. The molecule has 120 valence electrons. The van der Waals surface area contributed by atoms with Gasteiger partial charge in [-0.3, -0.25) is 4.79 Å². The lowest BCUT2D eigenvalue weighted by molar-refractivity contribution is 0.0903. The second kappa shape index (κ2) is 6.82. The molecule has 2 aromatic rings. The molecule has 4 nitrogen and oxygen atoms in total. The number of anilines is 2. The maximum absolute atomic E-state index is 12.5. The first-order valence-electron chi connectivity index (χ1n) is 8.24. The van der Waals surface area contributed by atoms with Gasteiger partial charge in [-0.05, 0) is 56.4 Å². The minimum absolute atomic E-state index is 0.0846. The van der Waals surface area contributed by atoms with Crippen molar-refractivity contribution in [1.82, 2.24) is 10.3 Å². The number of amides is 1. The summed E-state index contributed by atoms with van der Waals surface area (Å²) in [5.41, 5.74) is 2.34. The fraction of sp³-hybridized carbons (Fsp3) is 0.368. The summed E-state index contributed by atoms with van der Waals surface area (Å²) in [6.45, 7) is 4.01.